The molecule has 3 nitrogen and oxygen atoms in total. The summed E-state index contributed by atoms with van der Waals surface area (Å²) in [5.41, 5.74) is 8.28. The van der Waals surface area contributed by atoms with Gasteiger partial charge in [0, 0.05) is 6.54 Å². The number of rotatable bonds is 4. The first kappa shape index (κ1) is 36.9. The zero-order valence-corrected chi connectivity index (χ0v) is 27.9. The van der Waals surface area contributed by atoms with Crippen molar-refractivity contribution < 1.29 is 9.59 Å². The Morgan fingerprint density at radius 3 is 0.978 bits per heavy atom. The minimum Gasteiger partial charge on any atom is -0.275 e. The Labute approximate surface area is 276 Å². The number of nitrogens with zero attached hydrogens (tertiary/aromatic N) is 1. The summed E-state index contributed by atoms with van der Waals surface area (Å²) < 4.78 is 0. The highest BCUT2D eigenvalue weighted by Gasteiger charge is 2.33. The molecule has 46 heavy (non-hydrogen) atoms. The molecular weight excluding hydrogens is 562 g/mol. The summed E-state index contributed by atoms with van der Waals surface area (Å²) >= 11 is 0. The standard InChI is InChI=1S/C12H10.C10H9NO2.2C9H10.C3H8/c1-3-7-11(8-4-1)12-9-5-2-6-10-12;1-2-11-9(12)7-5-3-4-6-8(7)10(11)13;2*1-8(2)9-6-4-3-5-7-9;1-3-2/h1-10H;3-6H,2H2,1H3;2*3-7H,1H2,2H3;3H2,1-2H3. The van der Waals surface area contributed by atoms with Crippen LogP contribution in [-0.2, 0) is 0 Å². The number of carbonyl (C=O) groups excluding carboxylic acids is 2. The van der Waals surface area contributed by atoms with Crippen molar-refractivity contribution in [2.24, 2.45) is 0 Å². The first-order valence-electron chi connectivity index (χ1n) is 15.7. The van der Waals surface area contributed by atoms with Crippen molar-refractivity contribution in [3.8, 4) is 11.1 Å². The molecule has 0 unspecified atom stereocenters. The molecule has 1 aliphatic rings. The largest absolute Gasteiger partial charge is 0.275 e. The second kappa shape index (κ2) is 20.6. The van der Waals surface area contributed by atoms with E-state index in [1.165, 1.54) is 33.6 Å². The van der Waals surface area contributed by atoms with Crippen LogP contribution in [0.3, 0.4) is 0 Å². The highest BCUT2D eigenvalue weighted by molar-refractivity contribution is 6.21. The van der Waals surface area contributed by atoms with Crippen molar-refractivity contribution in [2.45, 2.75) is 41.0 Å². The molecule has 2 amide bonds. The van der Waals surface area contributed by atoms with Gasteiger partial charge >= 0.3 is 0 Å². The molecular formula is C43H47NO2. The molecule has 0 aromatic heterocycles. The number of fused-ring (bicyclic) bond motifs is 1. The van der Waals surface area contributed by atoms with Crippen LogP contribution < -0.4 is 0 Å². The molecule has 6 rings (SSSR count). The van der Waals surface area contributed by atoms with Crippen LogP contribution in [0, 0.1) is 0 Å². The topological polar surface area (TPSA) is 37.4 Å². The number of benzene rings is 5. The van der Waals surface area contributed by atoms with E-state index in [4.69, 9.17) is 0 Å². The summed E-state index contributed by atoms with van der Waals surface area (Å²) in [4.78, 5) is 24.3. The number of allylic oxidation sites excluding steroid dienone is 2. The van der Waals surface area contributed by atoms with Crippen molar-refractivity contribution in [2.75, 3.05) is 6.54 Å². The van der Waals surface area contributed by atoms with E-state index in [0.29, 0.717) is 17.7 Å². The van der Waals surface area contributed by atoms with Gasteiger partial charge in [-0.25, -0.2) is 0 Å². The van der Waals surface area contributed by atoms with E-state index in [0.717, 1.165) is 11.1 Å². The zero-order chi connectivity index (χ0) is 33.7. The van der Waals surface area contributed by atoms with Gasteiger partial charge in [-0.15, -0.1) is 0 Å². The fourth-order valence-electron chi connectivity index (χ4n) is 4.23. The Kier molecular flexibility index (Phi) is 16.6. The monoisotopic (exact) mass is 609 g/mol. The van der Waals surface area contributed by atoms with E-state index in [-0.39, 0.29) is 11.8 Å². The SMILES string of the molecule is C=C(C)c1ccccc1.C=C(C)c1ccccc1.CCC.CCN1C(=O)c2ccccc2C1=O.c1ccc(-c2ccccc2)cc1. The molecule has 0 atom stereocenters. The molecule has 0 bridgehead atoms. The minimum atomic E-state index is -0.178. The predicted molar refractivity (Wildman–Crippen MR) is 198 cm³/mol. The van der Waals surface area contributed by atoms with E-state index in [2.05, 4.69) is 99.8 Å². The fraction of sp³-hybridized carbons (Fsp3) is 0.163. The van der Waals surface area contributed by atoms with Gasteiger partial charge in [-0.05, 0) is 55.2 Å². The molecule has 0 saturated carbocycles. The lowest BCUT2D eigenvalue weighted by Crippen LogP contribution is -2.29. The number of amides is 2. The van der Waals surface area contributed by atoms with Crippen LogP contribution in [-0.4, -0.2) is 23.3 Å². The fourth-order valence-corrected chi connectivity index (χ4v) is 4.23. The average molecular weight is 610 g/mol. The third-order valence-corrected chi connectivity index (χ3v) is 6.61. The minimum absolute atomic E-state index is 0.178. The van der Waals surface area contributed by atoms with E-state index < -0.39 is 0 Å². The molecule has 0 N–H and O–H groups in total. The van der Waals surface area contributed by atoms with Crippen LogP contribution in [0.15, 0.2) is 159 Å². The quantitative estimate of drug-likeness (QED) is 0.190. The third kappa shape index (κ3) is 12.0. The molecule has 0 radical (unpaired) electrons. The highest BCUT2D eigenvalue weighted by Crippen LogP contribution is 2.21. The first-order chi connectivity index (χ1) is 22.2. The van der Waals surface area contributed by atoms with Crippen molar-refractivity contribution in [3.63, 3.8) is 0 Å². The molecule has 5 aromatic rings. The molecule has 5 aromatic carbocycles. The van der Waals surface area contributed by atoms with Crippen LogP contribution in [0.1, 0.15) is 72.9 Å². The van der Waals surface area contributed by atoms with Crippen LogP contribution >= 0.6 is 0 Å². The third-order valence-electron chi connectivity index (χ3n) is 6.61. The van der Waals surface area contributed by atoms with Crippen LogP contribution in [0.2, 0.25) is 0 Å². The van der Waals surface area contributed by atoms with Gasteiger partial charge in [0.1, 0.15) is 0 Å². The summed E-state index contributed by atoms with van der Waals surface area (Å²) in [7, 11) is 0. The van der Waals surface area contributed by atoms with Crippen LogP contribution in [0.25, 0.3) is 22.3 Å². The second-order valence-corrected chi connectivity index (χ2v) is 10.6. The number of hydrogen-bond acceptors (Lipinski definition) is 2. The number of imide groups is 1. The average Bonchev–Trinajstić information content (AvgIpc) is 3.36. The summed E-state index contributed by atoms with van der Waals surface area (Å²) in [6, 6.07) is 48.0. The van der Waals surface area contributed by atoms with Gasteiger partial charge in [0.2, 0.25) is 0 Å². The smallest absolute Gasteiger partial charge is 0.261 e. The van der Waals surface area contributed by atoms with Crippen molar-refractivity contribution >= 4 is 23.0 Å². The maximum Gasteiger partial charge on any atom is 0.261 e. The molecule has 1 aliphatic heterocycles. The Bertz CT molecular complexity index is 1500. The van der Waals surface area contributed by atoms with Gasteiger partial charge in [0.15, 0.2) is 0 Å². The number of hydrogen-bond donors (Lipinski definition) is 0. The van der Waals surface area contributed by atoms with E-state index in [1.54, 1.807) is 31.2 Å². The molecule has 0 fully saturated rings. The second-order valence-electron chi connectivity index (χ2n) is 10.6. The highest BCUT2D eigenvalue weighted by atomic mass is 16.2. The summed E-state index contributed by atoms with van der Waals surface area (Å²) in [6.07, 6.45) is 1.25. The van der Waals surface area contributed by atoms with E-state index in [9.17, 15) is 9.59 Å². The summed E-state index contributed by atoms with van der Waals surface area (Å²) in [5, 5.41) is 0. The van der Waals surface area contributed by atoms with E-state index in [1.807, 2.05) is 62.4 Å². The van der Waals surface area contributed by atoms with Gasteiger partial charge in [0.25, 0.3) is 11.8 Å². The maximum atomic E-state index is 11.5. The summed E-state index contributed by atoms with van der Waals surface area (Å²) in [6.45, 7) is 18.1. The van der Waals surface area contributed by atoms with Crippen molar-refractivity contribution in [1.29, 1.82) is 0 Å². The van der Waals surface area contributed by atoms with Crippen LogP contribution in [0.5, 0.6) is 0 Å². The lowest BCUT2D eigenvalue weighted by Gasteiger charge is -2.08. The molecule has 0 aliphatic carbocycles. The van der Waals surface area contributed by atoms with Gasteiger partial charge in [-0.1, -0.05) is 178 Å². The van der Waals surface area contributed by atoms with Gasteiger partial charge in [-0.3, -0.25) is 14.5 Å². The Hall–Kier alpha value is -5.28. The Balaban J connectivity index is 0.000000210. The molecule has 0 saturated heterocycles. The maximum absolute atomic E-state index is 11.5. The Morgan fingerprint density at radius 1 is 0.478 bits per heavy atom. The van der Waals surface area contributed by atoms with Gasteiger partial charge < -0.3 is 0 Å². The molecule has 0 spiro atoms. The zero-order valence-electron chi connectivity index (χ0n) is 27.9. The first-order valence-corrected chi connectivity index (χ1v) is 15.7. The molecule has 236 valence electrons. The van der Waals surface area contributed by atoms with Crippen LogP contribution in [0.4, 0.5) is 0 Å². The van der Waals surface area contributed by atoms with Gasteiger partial charge in [0.05, 0.1) is 11.1 Å². The van der Waals surface area contributed by atoms with Gasteiger partial charge in [-0.2, -0.15) is 0 Å². The van der Waals surface area contributed by atoms with Crippen molar-refractivity contribution in [1.82, 2.24) is 4.90 Å². The normalized spacial score (nSPS) is 10.7. The number of carbonyl (C=O) groups is 2. The summed E-state index contributed by atoms with van der Waals surface area (Å²) in [5.74, 6) is -0.355. The van der Waals surface area contributed by atoms with E-state index >= 15 is 0 Å². The van der Waals surface area contributed by atoms with Crippen molar-refractivity contribution in [3.05, 3.63) is 181 Å². The molecule has 1 heterocycles. The lowest BCUT2D eigenvalue weighted by atomic mass is 10.1. The molecule has 3 heteroatoms. The lowest BCUT2D eigenvalue weighted by molar-refractivity contribution is 0.0663. The Morgan fingerprint density at radius 2 is 0.739 bits per heavy atom. The predicted octanol–water partition coefficient (Wildman–Crippen LogP) is 11.5.